The highest BCUT2D eigenvalue weighted by Gasteiger charge is 2.06. The first-order valence-electron chi connectivity index (χ1n) is 4.79. The first kappa shape index (κ1) is 13.5. The van der Waals surface area contributed by atoms with Gasteiger partial charge in [0.1, 0.15) is 0 Å². The monoisotopic (exact) mass is 346 g/mol. The standard InChI is InChI=1S/C12H12Br2O2/c1-16-12(15)10-6-5-9(11(14)8-10)4-2-3-7-13/h2,4-6,8H,3,7H2,1H3. The minimum absolute atomic E-state index is 0.323. The highest BCUT2D eigenvalue weighted by atomic mass is 79.9. The molecule has 16 heavy (non-hydrogen) atoms. The van der Waals surface area contributed by atoms with E-state index in [1.165, 1.54) is 7.11 Å². The second-order valence-corrected chi connectivity index (χ2v) is 4.76. The Bertz CT molecular complexity index is 400. The van der Waals surface area contributed by atoms with Crippen LogP contribution in [0.15, 0.2) is 28.7 Å². The van der Waals surface area contributed by atoms with E-state index in [9.17, 15) is 4.79 Å². The molecule has 0 aliphatic heterocycles. The minimum atomic E-state index is -0.323. The zero-order valence-corrected chi connectivity index (χ0v) is 12.0. The van der Waals surface area contributed by atoms with Crippen LogP contribution in [0.4, 0.5) is 0 Å². The van der Waals surface area contributed by atoms with E-state index in [4.69, 9.17) is 0 Å². The first-order chi connectivity index (χ1) is 7.69. The molecule has 0 spiro atoms. The molecular weight excluding hydrogens is 336 g/mol. The molecule has 0 bridgehead atoms. The molecule has 0 N–H and O–H groups in total. The molecule has 0 aliphatic rings. The summed E-state index contributed by atoms with van der Waals surface area (Å²) in [5, 5.41) is 0.946. The Morgan fingerprint density at radius 2 is 2.25 bits per heavy atom. The van der Waals surface area contributed by atoms with Gasteiger partial charge in [0, 0.05) is 9.80 Å². The lowest BCUT2D eigenvalue weighted by Gasteiger charge is -2.02. The predicted octanol–water partition coefficient (Wildman–Crippen LogP) is 4.03. The number of alkyl halides is 1. The summed E-state index contributed by atoms with van der Waals surface area (Å²) < 4.78 is 5.54. The molecule has 0 saturated carbocycles. The SMILES string of the molecule is COC(=O)c1ccc(C=CCCBr)c(Br)c1. The summed E-state index contributed by atoms with van der Waals surface area (Å²) in [6.07, 6.45) is 5.07. The van der Waals surface area contributed by atoms with E-state index in [2.05, 4.69) is 42.7 Å². The van der Waals surface area contributed by atoms with Crippen LogP contribution in [-0.2, 0) is 4.74 Å². The van der Waals surface area contributed by atoms with Gasteiger partial charge in [-0.25, -0.2) is 4.79 Å². The van der Waals surface area contributed by atoms with Crippen LogP contribution in [0.25, 0.3) is 6.08 Å². The summed E-state index contributed by atoms with van der Waals surface area (Å²) in [5.41, 5.74) is 1.60. The summed E-state index contributed by atoms with van der Waals surface area (Å²) >= 11 is 6.78. The number of methoxy groups -OCH3 is 1. The van der Waals surface area contributed by atoms with Crippen molar-refractivity contribution in [3.63, 3.8) is 0 Å². The third-order valence-electron chi connectivity index (χ3n) is 1.99. The Morgan fingerprint density at radius 3 is 2.81 bits per heavy atom. The molecule has 1 aromatic carbocycles. The van der Waals surface area contributed by atoms with Gasteiger partial charge in [0.05, 0.1) is 12.7 Å². The maximum absolute atomic E-state index is 11.3. The van der Waals surface area contributed by atoms with Crippen molar-refractivity contribution in [2.24, 2.45) is 0 Å². The number of benzene rings is 1. The molecular formula is C12H12Br2O2. The second kappa shape index (κ2) is 6.86. The molecule has 0 amide bonds. The van der Waals surface area contributed by atoms with Gasteiger partial charge < -0.3 is 4.74 Å². The smallest absolute Gasteiger partial charge is 0.337 e. The number of carbonyl (C=O) groups excluding carboxylic acids is 1. The highest BCUT2D eigenvalue weighted by molar-refractivity contribution is 9.10. The van der Waals surface area contributed by atoms with Crippen LogP contribution >= 0.6 is 31.9 Å². The van der Waals surface area contributed by atoms with Gasteiger partial charge in [0.25, 0.3) is 0 Å². The average Bonchev–Trinajstić information content (AvgIpc) is 2.30. The number of ether oxygens (including phenoxy) is 1. The van der Waals surface area contributed by atoms with Gasteiger partial charge in [-0.2, -0.15) is 0 Å². The molecule has 2 nitrogen and oxygen atoms in total. The molecule has 0 aromatic heterocycles. The number of rotatable bonds is 4. The lowest BCUT2D eigenvalue weighted by molar-refractivity contribution is 0.0600. The van der Waals surface area contributed by atoms with Crippen LogP contribution in [-0.4, -0.2) is 18.4 Å². The van der Waals surface area contributed by atoms with Gasteiger partial charge in [-0.05, 0) is 24.1 Å². The van der Waals surface area contributed by atoms with E-state index in [1.807, 2.05) is 12.1 Å². The molecule has 86 valence electrons. The van der Waals surface area contributed by atoms with E-state index in [-0.39, 0.29) is 5.97 Å². The van der Waals surface area contributed by atoms with Crippen molar-refractivity contribution in [3.05, 3.63) is 39.9 Å². The molecule has 4 heteroatoms. The Hall–Kier alpha value is -0.610. The van der Waals surface area contributed by atoms with Gasteiger partial charge in [-0.3, -0.25) is 0 Å². The summed E-state index contributed by atoms with van der Waals surface area (Å²) in [7, 11) is 1.38. The quantitative estimate of drug-likeness (QED) is 0.607. The van der Waals surface area contributed by atoms with Gasteiger partial charge in [0.2, 0.25) is 0 Å². The zero-order valence-electron chi connectivity index (χ0n) is 8.87. The fourth-order valence-electron chi connectivity index (χ4n) is 1.18. The first-order valence-corrected chi connectivity index (χ1v) is 6.71. The lowest BCUT2D eigenvalue weighted by atomic mass is 10.1. The van der Waals surface area contributed by atoms with Gasteiger partial charge in [-0.15, -0.1) is 0 Å². The Labute approximate surface area is 112 Å². The minimum Gasteiger partial charge on any atom is -0.465 e. The van der Waals surface area contributed by atoms with Crippen LogP contribution in [0.2, 0.25) is 0 Å². The van der Waals surface area contributed by atoms with Gasteiger partial charge >= 0.3 is 5.97 Å². The van der Waals surface area contributed by atoms with Crippen molar-refractivity contribution >= 4 is 43.9 Å². The van der Waals surface area contributed by atoms with E-state index >= 15 is 0 Å². The summed E-state index contributed by atoms with van der Waals surface area (Å²) in [5.74, 6) is -0.323. The fourth-order valence-corrected chi connectivity index (χ4v) is 1.96. The highest BCUT2D eigenvalue weighted by Crippen LogP contribution is 2.20. The molecule has 1 aromatic rings. The number of esters is 1. The van der Waals surface area contributed by atoms with E-state index in [0.717, 1.165) is 21.8 Å². The van der Waals surface area contributed by atoms with Crippen molar-refractivity contribution in [2.45, 2.75) is 6.42 Å². The Morgan fingerprint density at radius 1 is 1.50 bits per heavy atom. The second-order valence-electron chi connectivity index (χ2n) is 3.11. The van der Waals surface area contributed by atoms with Crippen molar-refractivity contribution in [1.82, 2.24) is 0 Å². The van der Waals surface area contributed by atoms with E-state index < -0.39 is 0 Å². The number of hydrogen-bond donors (Lipinski definition) is 0. The van der Waals surface area contributed by atoms with Crippen molar-refractivity contribution < 1.29 is 9.53 Å². The van der Waals surface area contributed by atoms with Crippen molar-refractivity contribution in [1.29, 1.82) is 0 Å². The third-order valence-corrected chi connectivity index (χ3v) is 3.14. The van der Waals surface area contributed by atoms with Crippen molar-refractivity contribution in [2.75, 3.05) is 12.4 Å². The largest absolute Gasteiger partial charge is 0.465 e. The fraction of sp³-hybridized carbons (Fsp3) is 0.250. The van der Waals surface area contributed by atoms with Crippen LogP contribution < -0.4 is 0 Å². The molecule has 0 atom stereocenters. The van der Waals surface area contributed by atoms with Crippen molar-refractivity contribution in [3.8, 4) is 0 Å². The normalized spacial score (nSPS) is 10.7. The van der Waals surface area contributed by atoms with E-state index in [0.29, 0.717) is 5.56 Å². The Kier molecular flexibility index (Phi) is 5.77. The van der Waals surface area contributed by atoms with Crippen LogP contribution in [0, 0.1) is 0 Å². The van der Waals surface area contributed by atoms with E-state index in [1.54, 1.807) is 12.1 Å². The number of halogens is 2. The van der Waals surface area contributed by atoms with Gasteiger partial charge in [-0.1, -0.05) is 50.1 Å². The predicted molar refractivity (Wildman–Crippen MR) is 72.9 cm³/mol. The zero-order chi connectivity index (χ0) is 12.0. The number of hydrogen-bond acceptors (Lipinski definition) is 2. The maximum Gasteiger partial charge on any atom is 0.337 e. The maximum atomic E-state index is 11.3. The van der Waals surface area contributed by atoms with Gasteiger partial charge in [0.15, 0.2) is 0 Å². The Balaban J connectivity index is 2.87. The molecule has 0 fully saturated rings. The molecule has 0 aliphatic carbocycles. The summed E-state index contributed by atoms with van der Waals surface area (Å²) in [6.45, 7) is 0. The summed E-state index contributed by atoms with van der Waals surface area (Å²) in [4.78, 5) is 11.3. The third kappa shape index (κ3) is 3.76. The summed E-state index contributed by atoms with van der Waals surface area (Å²) in [6, 6.07) is 5.41. The molecule has 0 heterocycles. The number of carbonyl (C=O) groups is 1. The topological polar surface area (TPSA) is 26.3 Å². The van der Waals surface area contributed by atoms with Crippen LogP contribution in [0.5, 0.6) is 0 Å². The van der Waals surface area contributed by atoms with Crippen LogP contribution in [0.1, 0.15) is 22.3 Å². The number of allylic oxidation sites excluding steroid dienone is 1. The molecule has 1 rings (SSSR count). The van der Waals surface area contributed by atoms with Crippen LogP contribution in [0.3, 0.4) is 0 Å². The molecule has 0 unspecified atom stereocenters. The lowest BCUT2D eigenvalue weighted by Crippen LogP contribution is -2.00. The molecule has 0 radical (unpaired) electrons. The average molecular weight is 348 g/mol. The molecule has 0 saturated heterocycles.